The van der Waals surface area contributed by atoms with Gasteiger partial charge in [-0.05, 0) is 41.1 Å². The summed E-state index contributed by atoms with van der Waals surface area (Å²) in [5.74, 6) is -2.30. The van der Waals surface area contributed by atoms with E-state index in [2.05, 4.69) is 15.9 Å². The molecule has 1 aromatic heterocycles. The fraction of sp³-hybridized carbons (Fsp3) is 0.0833. The molecule has 0 aliphatic heterocycles. The summed E-state index contributed by atoms with van der Waals surface area (Å²) in [6, 6.07) is 4.96. The van der Waals surface area contributed by atoms with E-state index in [1.54, 1.807) is 13.0 Å². The van der Waals surface area contributed by atoms with Crippen LogP contribution in [0.1, 0.15) is 20.8 Å². The molecule has 0 atom stereocenters. The van der Waals surface area contributed by atoms with Crippen molar-refractivity contribution >= 4 is 33.0 Å². The Kier molecular flexibility index (Phi) is 3.40. The van der Waals surface area contributed by atoms with Gasteiger partial charge in [0.25, 0.3) is 0 Å². The standard InChI is InChI=1S/C12H7BrF2OS/c1-6-7(5-10(13)17-6)12(16)11-8(14)3-2-4-9(11)15/h2-5H,1H3. The van der Waals surface area contributed by atoms with Crippen LogP contribution in [-0.2, 0) is 0 Å². The van der Waals surface area contributed by atoms with Gasteiger partial charge in [0, 0.05) is 10.4 Å². The number of carbonyl (C=O) groups excluding carboxylic acids is 1. The summed E-state index contributed by atoms with van der Waals surface area (Å²) in [5, 5.41) is 0. The smallest absolute Gasteiger partial charge is 0.200 e. The third kappa shape index (κ3) is 2.30. The monoisotopic (exact) mass is 316 g/mol. The molecule has 0 radical (unpaired) electrons. The molecule has 0 aliphatic carbocycles. The number of hydrogen-bond acceptors (Lipinski definition) is 2. The average Bonchev–Trinajstić information content (AvgIpc) is 2.57. The quantitative estimate of drug-likeness (QED) is 0.754. The van der Waals surface area contributed by atoms with Gasteiger partial charge in [0.1, 0.15) is 11.6 Å². The molecule has 0 unspecified atom stereocenters. The molecular weight excluding hydrogens is 310 g/mol. The van der Waals surface area contributed by atoms with Crippen LogP contribution in [0.4, 0.5) is 8.78 Å². The van der Waals surface area contributed by atoms with Crippen LogP contribution in [0, 0.1) is 18.6 Å². The Balaban J connectivity index is 2.55. The van der Waals surface area contributed by atoms with E-state index in [4.69, 9.17) is 0 Å². The zero-order chi connectivity index (χ0) is 12.6. The average molecular weight is 317 g/mol. The second kappa shape index (κ2) is 4.66. The molecule has 2 rings (SSSR count). The molecule has 5 heteroatoms. The lowest BCUT2D eigenvalue weighted by Gasteiger charge is -2.03. The summed E-state index contributed by atoms with van der Waals surface area (Å²) < 4.78 is 27.7. The van der Waals surface area contributed by atoms with E-state index < -0.39 is 23.0 Å². The lowest BCUT2D eigenvalue weighted by atomic mass is 10.0. The van der Waals surface area contributed by atoms with Gasteiger partial charge in [0.05, 0.1) is 9.35 Å². The Morgan fingerprint density at radius 1 is 1.29 bits per heavy atom. The molecule has 1 nitrogen and oxygen atoms in total. The van der Waals surface area contributed by atoms with E-state index in [9.17, 15) is 13.6 Å². The number of aryl methyl sites for hydroxylation is 1. The van der Waals surface area contributed by atoms with Crippen molar-refractivity contribution in [2.45, 2.75) is 6.92 Å². The fourth-order valence-electron chi connectivity index (χ4n) is 1.52. The first kappa shape index (κ1) is 12.4. The van der Waals surface area contributed by atoms with Crippen LogP contribution in [0.25, 0.3) is 0 Å². The Morgan fingerprint density at radius 2 is 1.88 bits per heavy atom. The van der Waals surface area contributed by atoms with Gasteiger partial charge in [-0.3, -0.25) is 4.79 Å². The van der Waals surface area contributed by atoms with Crippen molar-refractivity contribution in [3.8, 4) is 0 Å². The van der Waals surface area contributed by atoms with Gasteiger partial charge in [-0.15, -0.1) is 11.3 Å². The Labute approximate surface area is 109 Å². The number of halogens is 3. The van der Waals surface area contributed by atoms with E-state index in [1.807, 2.05) is 0 Å². The van der Waals surface area contributed by atoms with E-state index >= 15 is 0 Å². The van der Waals surface area contributed by atoms with Crippen molar-refractivity contribution in [3.05, 3.63) is 55.7 Å². The highest BCUT2D eigenvalue weighted by molar-refractivity contribution is 9.11. The molecule has 0 aliphatic rings. The Hall–Kier alpha value is -1.07. The van der Waals surface area contributed by atoms with Crippen LogP contribution in [-0.4, -0.2) is 5.78 Å². The van der Waals surface area contributed by atoms with Gasteiger partial charge < -0.3 is 0 Å². The molecule has 0 amide bonds. The summed E-state index contributed by atoms with van der Waals surface area (Å²) in [4.78, 5) is 12.8. The number of carbonyl (C=O) groups is 1. The van der Waals surface area contributed by atoms with Crippen molar-refractivity contribution in [3.63, 3.8) is 0 Å². The Morgan fingerprint density at radius 3 is 2.35 bits per heavy atom. The van der Waals surface area contributed by atoms with Crippen LogP contribution in [0.15, 0.2) is 28.1 Å². The maximum absolute atomic E-state index is 13.5. The van der Waals surface area contributed by atoms with Gasteiger partial charge in [-0.2, -0.15) is 0 Å². The molecule has 2 aromatic rings. The van der Waals surface area contributed by atoms with E-state index in [1.165, 1.54) is 17.4 Å². The SMILES string of the molecule is Cc1sc(Br)cc1C(=O)c1c(F)cccc1F. The fourth-order valence-corrected chi connectivity index (χ4v) is 3.21. The molecule has 17 heavy (non-hydrogen) atoms. The topological polar surface area (TPSA) is 17.1 Å². The summed E-state index contributed by atoms with van der Waals surface area (Å²) in [6.45, 7) is 1.74. The first-order valence-electron chi connectivity index (χ1n) is 4.75. The minimum absolute atomic E-state index is 0.325. The lowest BCUT2D eigenvalue weighted by Crippen LogP contribution is -2.07. The molecule has 0 N–H and O–H groups in total. The highest BCUT2D eigenvalue weighted by Crippen LogP contribution is 2.29. The first-order valence-corrected chi connectivity index (χ1v) is 6.36. The molecule has 88 valence electrons. The molecule has 0 saturated heterocycles. The lowest BCUT2D eigenvalue weighted by molar-refractivity contribution is 0.103. The van der Waals surface area contributed by atoms with Gasteiger partial charge in [-0.25, -0.2) is 8.78 Å². The van der Waals surface area contributed by atoms with Crippen molar-refractivity contribution in [1.82, 2.24) is 0 Å². The normalized spacial score (nSPS) is 10.6. The van der Waals surface area contributed by atoms with Crippen LogP contribution >= 0.6 is 27.3 Å². The molecule has 1 heterocycles. The summed E-state index contributed by atoms with van der Waals surface area (Å²) in [5.41, 5.74) is -0.174. The van der Waals surface area contributed by atoms with Gasteiger partial charge in [0.2, 0.25) is 0 Å². The van der Waals surface area contributed by atoms with Crippen LogP contribution in [0.2, 0.25) is 0 Å². The first-order chi connectivity index (χ1) is 8.00. The zero-order valence-corrected chi connectivity index (χ0v) is 11.2. The van der Waals surface area contributed by atoms with E-state index in [-0.39, 0.29) is 0 Å². The molecule has 0 saturated carbocycles. The van der Waals surface area contributed by atoms with Crippen molar-refractivity contribution < 1.29 is 13.6 Å². The molecular formula is C12H7BrF2OS. The predicted octanol–water partition coefficient (Wildman–Crippen LogP) is 4.33. The van der Waals surface area contributed by atoms with Crippen molar-refractivity contribution in [2.75, 3.05) is 0 Å². The number of benzene rings is 1. The van der Waals surface area contributed by atoms with Gasteiger partial charge in [-0.1, -0.05) is 6.07 Å². The molecule has 1 aromatic carbocycles. The number of rotatable bonds is 2. The maximum Gasteiger partial charge on any atom is 0.200 e. The third-order valence-corrected chi connectivity index (χ3v) is 3.88. The van der Waals surface area contributed by atoms with Crippen molar-refractivity contribution in [1.29, 1.82) is 0 Å². The van der Waals surface area contributed by atoms with E-state index in [0.29, 0.717) is 5.56 Å². The Bertz CT molecular complexity index is 572. The minimum atomic E-state index is -0.836. The van der Waals surface area contributed by atoms with Crippen LogP contribution < -0.4 is 0 Å². The molecule has 0 fully saturated rings. The number of hydrogen-bond donors (Lipinski definition) is 0. The van der Waals surface area contributed by atoms with Gasteiger partial charge >= 0.3 is 0 Å². The van der Waals surface area contributed by atoms with Crippen LogP contribution in [0.5, 0.6) is 0 Å². The number of ketones is 1. The van der Waals surface area contributed by atoms with Gasteiger partial charge in [0.15, 0.2) is 5.78 Å². The molecule has 0 bridgehead atoms. The summed E-state index contributed by atoms with van der Waals surface area (Å²) in [6.07, 6.45) is 0. The summed E-state index contributed by atoms with van der Waals surface area (Å²) in [7, 11) is 0. The highest BCUT2D eigenvalue weighted by atomic mass is 79.9. The minimum Gasteiger partial charge on any atom is -0.288 e. The highest BCUT2D eigenvalue weighted by Gasteiger charge is 2.21. The predicted molar refractivity (Wildman–Crippen MR) is 66.5 cm³/mol. The van der Waals surface area contributed by atoms with Crippen LogP contribution in [0.3, 0.4) is 0 Å². The second-order valence-corrected chi connectivity index (χ2v) is 6.08. The molecule has 0 spiro atoms. The maximum atomic E-state index is 13.5. The second-order valence-electron chi connectivity index (χ2n) is 3.45. The van der Waals surface area contributed by atoms with E-state index in [0.717, 1.165) is 20.8 Å². The van der Waals surface area contributed by atoms with Crippen molar-refractivity contribution in [2.24, 2.45) is 0 Å². The third-order valence-electron chi connectivity index (χ3n) is 2.32. The summed E-state index contributed by atoms with van der Waals surface area (Å²) >= 11 is 4.59. The zero-order valence-electron chi connectivity index (χ0n) is 8.76. The number of thiophene rings is 1. The largest absolute Gasteiger partial charge is 0.288 e.